The molecule has 5 heteroatoms. The maximum absolute atomic E-state index is 5.95. The number of aromatic amines is 1. The standard InChI is InChI=1S/C23H22N4O/c1-2-12-27(11-1)16-17-3-4-19-14-21(7-5-18(19)13-17)28-23-8-6-20(15-24-23)22-9-10-25-26-22/h3-10,13-15H,1-2,11-12,16H2,(H,25,26). The van der Waals surface area contributed by atoms with E-state index in [-0.39, 0.29) is 0 Å². The van der Waals surface area contributed by atoms with Crippen LogP contribution in [0.3, 0.4) is 0 Å². The van der Waals surface area contributed by atoms with Crippen molar-refractivity contribution in [2.24, 2.45) is 0 Å². The van der Waals surface area contributed by atoms with Crippen LogP contribution in [0.25, 0.3) is 22.0 Å². The third-order valence-corrected chi connectivity index (χ3v) is 5.25. The number of nitrogens with zero attached hydrogens (tertiary/aromatic N) is 3. The molecular formula is C23H22N4O. The molecule has 0 aliphatic carbocycles. The van der Waals surface area contributed by atoms with Crippen LogP contribution in [0.5, 0.6) is 11.6 Å². The van der Waals surface area contributed by atoms with Gasteiger partial charge in [-0.1, -0.05) is 18.2 Å². The lowest BCUT2D eigenvalue weighted by atomic mass is 10.1. The highest BCUT2D eigenvalue weighted by molar-refractivity contribution is 5.84. The number of hydrogen-bond donors (Lipinski definition) is 1. The van der Waals surface area contributed by atoms with Crippen molar-refractivity contribution in [2.45, 2.75) is 19.4 Å². The number of pyridine rings is 1. The van der Waals surface area contributed by atoms with E-state index in [1.165, 1.54) is 42.3 Å². The van der Waals surface area contributed by atoms with Crippen LogP contribution in [0.2, 0.25) is 0 Å². The molecule has 4 aromatic rings. The molecule has 140 valence electrons. The first-order valence-corrected chi connectivity index (χ1v) is 9.72. The second-order valence-electron chi connectivity index (χ2n) is 7.28. The maximum atomic E-state index is 5.95. The molecule has 0 radical (unpaired) electrons. The Balaban J connectivity index is 1.32. The van der Waals surface area contributed by atoms with Gasteiger partial charge in [0, 0.05) is 30.6 Å². The van der Waals surface area contributed by atoms with Crippen molar-refractivity contribution in [3.8, 4) is 22.9 Å². The molecule has 0 amide bonds. The van der Waals surface area contributed by atoms with E-state index in [0.29, 0.717) is 5.88 Å². The van der Waals surface area contributed by atoms with E-state index in [1.807, 2.05) is 24.3 Å². The van der Waals surface area contributed by atoms with Gasteiger partial charge in [-0.2, -0.15) is 5.10 Å². The average molecular weight is 370 g/mol. The van der Waals surface area contributed by atoms with Crippen molar-refractivity contribution in [1.29, 1.82) is 0 Å². The van der Waals surface area contributed by atoms with Gasteiger partial charge >= 0.3 is 0 Å². The van der Waals surface area contributed by atoms with Gasteiger partial charge in [0.15, 0.2) is 0 Å². The number of rotatable bonds is 5. The van der Waals surface area contributed by atoms with Crippen LogP contribution in [0, 0.1) is 0 Å². The molecule has 1 N–H and O–H groups in total. The summed E-state index contributed by atoms with van der Waals surface area (Å²) in [6.45, 7) is 3.48. The van der Waals surface area contributed by atoms with Crippen LogP contribution in [-0.4, -0.2) is 33.2 Å². The minimum atomic E-state index is 0.577. The number of likely N-dealkylation sites (tertiary alicyclic amines) is 1. The number of hydrogen-bond acceptors (Lipinski definition) is 4. The van der Waals surface area contributed by atoms with Gasteiger partial charge in [-0.15, -0.1) is 0 Å². The summed E-state index contributed by atoms with van der Waals surface area (Å²) in [7, 11) is 0. The highest BCUT2D eigenvalue weighted by atomic mass is 16.5. The van der Waals surface area contributed by atoms with Crippen LogP contribution in [-0.2, 0) is 6.54 Å². The number of nitrogens with one attached hydrogen (secondary N) is 1. The molecule has 28 heavy (non-hydrogen) atoms. The first-order valence-electron chi connectivity index (χ1n) is 9.72. The summed E-state index contributed by atoms with van der Waals surface area (Å²) < 4.78 is 5.95. The molecule has 1 aliphatic heterocycles. The summed E-state index contributed by atoms with van der Waals surface area (Å²) in [6, 6.07) is 18.7. The summed E-state index contributed by atoms with van der Waals surface area (Å²) in [6.07, 6.45) is 6.16. The fraction of sp³-hybridized carbons (Fsp3) is 0.217. The number of fused-ring (bicyclic) bond motifs is 1. The lowest BCUT2D eigenvalue weighted by Crippen LogP contribution is -2.18. The number of benzene rings is 2. The van der Waals surface area contributed by atoms with Crippen molar-refractivity contribution in [2.75, 3.05) is 13.1 Å². The Kier molecular flexibility index (Phi) is 4.51. The van der Waals surface area contributed by atoms with Crippen molar-refractivity contribution in [1.82, 2.24) is 20.1 Å². The van der Waals surface area contributed by atoms with Gasteiger partial charge in [0.05, 0.1) is 5.69 Å². The number of aromatic nitrogens is 3. The quantitative estimate of drug-likeness (QED) is 0.536. The van der Waals surface area contributed by atoms with Gasteiger partial charge in [0.2, 0.25) is 5.88 Å². The number of ether oxygens (including phenoxy) is 1. The van der Waals surface area contributed by atoms with Gasteiger partial charge < -0.3 is 4.74 Å². The molecule has 0 atom stereocenters. The van der Waals surface area contributed by atoms with Crippen molar-refractivity contribution >= 4 is 10.8 Å². The molecule has 1 saturated heterocycles. The zero-order valence-corrected chi connectivity index (χ0v) is 15.6. The van der Waals surface area contributed by atoms with Gasteiger partial charge in [-0.25, -0.2) is 4.98 Å². The molecule has 2 aromatic heterocycles. The van der Waals surface area contributed by atoms with Crippen LogP contribution < -0.4 is 4.74 Å². The smallest absolute Gasteiger partial charge is 0.219 e. The lowest BCUT2D eigenvalue weighted by molar-refractivity contribution is 0.331. The van der Waals surface area contributed by atoms with E-state index < -0.39 is 0 Å². The predicted octanol–water partition coefficient (Wildman–Crippen LogP) is 5.01. The zero-order chi connectivity index (χ0) is 18.8. The summed E-state index contributed by atoms with van der Waals surface area (Å²) in [4.78, 5) is 6.93. The van der Waals surface area contributed by atoms with E-state index >= 15 is 0 Å². The monoisotopic (exact) mass is 370 g/mol. The predicted molar refractivity (Wildman–Crippen MR) is 110 cm³/mol. The van der Waals surface area contributed by atoms with Crippen LogP contribution >= 0.6 is 0 Å². The molecule has 2 aromatic carbocycles. The fourth-order valence-corrected chi connectivity index (χ4v) is 3.77. The third kappa shape index (κ3) is 3.62. The third-order valence-electron chi connectivity index (χ3n) is 5.25. The van der Waals surface area contributed by atoms with Gasteiger partial charge in [-0.05, 0) is 72.6 Å². The van der Waals surface area contributed by atoms with Crippen molar-refractivity contribution < 1.29 is 4.74 Å². The summed E-state index contributed by atoms with van der Waals surface area (Å²) >= 11 is 0. The second kappa shape index (κ2) is 7.44. The minimum Gasteiger partial charge on any atom is -0.439 e. The largest absolute Gasteiger partial charge is 0.439 e. The molecular weight excluding hydrogens is 348 g/mol. The maximum Gasteiger partial charge on any atom is 0.219 e. The lowest BCUT2D eigenvalue weighted by Gasteiger charge is -2.15. The Hall–Kier alpha value is -3.18. The first kappa shape index (κ1) is 17.0. The molecule has 0 bridgehead atoms. The molecule has 0 unspecified atom stereocenters. The Bertz CT molecular complexity index is 1070. The fourth-order valence-electron chi connectivity index (χ4n) is 3.77. The van der Waals surface area contributed by atoms with Crippen molar-refractivity contribution in [3.63, 3.8) is 0 Å². The zero-order valence-electron chi connectivity index (χ0n) is 15.6. The van der Waals surface area contributed by atoms with Gasteiger partial charge in [-0.3, -0.25) is 10.00 Å². The van der Waals surface area contributed by atoms with E-state index in [0.717, 1.165) is 23.6 Å². The summed E-state index contributed by atoms with van der Waals surface area (Å²) in [5.74, 6) is 1.37. The molecule has 0 saturated carbocycles. The van der Waals surface area contributed by atoms with E-state index in [1.54, 1.807) is 12.4 Å². The number of H-pyrrole nitrogens is 1. The normalized spacial score (nSPS) is 14.6. The van der Waals surface area contributed by atoms with Crippen LogP contribution in [0.15, 0.2) is 67.0 Å². The minimum absolute atomic E-state index is 0.577. The van der Waals surface area contributed by atoms with E-state index in [9.17, 15) is 0 Å². The molecule has 1 aliphatic rings. The highest BCUT2D eigenvalue weighted by Gasteiger charge is 2.12. The Morgan fingerprint density at radius 2 is 1.79 bits per heavy atom. The van der Waals surface area contributed by atoms with E-state index in [2.05, 4.69) is 50.4 Å². The van der Waals surface area contributed by atoms with E-state index in [4.69, 9.17) is 4.74 Å². The van der Waals surface area contributed by atoms with Crippen LogP contribution in [0.1, 0.15) is 18.4 Å². The van der Waals surface area contributed by atoms with Crippen molar-refractivity contribution in [3.05, 3.63) is 72.6 Å². The SMILES string of the molecule is c1cc(-c2ccc(Oc3ccc4cc(CN5CCCC5)ccc4c3)nc2)[nH]n1. The molecule has 5 rings (SSSR count). The Morgan fingerprint density at radius 1 is 0.929 bits per heavy atom. The van der Waals surface area contributed by atoms with Gasteiger partial charge in [0.1, 0.15) is 5.75 Å². The molecule has 1 fully saturated rings. The molecule has 3 heterocycles. The second-order valence-corrected chi connectivity index (χ2v) is 7.28. The van der Waals surface area contributed by atoms with Gasteiger partial charge in [0.25, 0.3) is 0 Å². The highest BCUT2D eigenvalue weighted by Crippen LogP contribution is 2.27. The first-order chi connectivity index (χ1) is 13.8. The molecule has 0 spiro atoms. The Labute approximate surface area is 164 Å². The Morgan fingerprint density at radius 3 is 2.57 bits per heavy atom. The summed E-state index contributed by atoms with van der Waals surface area (Å²) in [5.41, 5.74) is 3.29. The topological polar surface area (TPSA) is 54.0 Å². The van der Waals surface area contributed by atoms with Crippen LogP contribution in [0.4, 0.5) is 0 Å². The average Bonchev–Trinajstić information content (AvgIpc) is 3.43. The summed E-state index contributed by atoms with van der Waals surface area (Å²) in [5, 5.41) is 9.32. The molecule has 5 nitrogen and oxygen atoms in total.